The van der Waals surface area contributed by atoms with Gasteiger partial charge in [0.25, 0.3) is 0 Å². The molecule has 2 atom stereocenters. The van der Waals surface area contributed by atoms with Crippen LogP contribution in [0.4, 0.5) is 4.79 Å². The molecule has 0 saturated carbocycles. The molecule has 1 amide bonds. The fourth-order valence-corrected chi connectivity index (χ4v) is 2.61. The predicted octanol–water partition coefficient (Wildman–Crippen LogP) is 2.53. The molecule has 6 heteroatoms. The van der Waals surface area contributed by atoms with Crippen molar-refractivity contribution in [1.29, 1.82) is 0 Å². The van der Waals surface area contributed by atoms with Crippen LogP contribution in [0.2, 0.25) is 5.31 Å². The number of carbonyl (C=O) groups is 2. The minimum Gasteiger partial charge on any atom is -0.481 e. The molecule has 1 aliphatic rings. The summed E-state index contributed by atoms with van der Waals surface area (Å²) in [6.07, 6.45) is 7.48. The molecule has 5 nitrogen and oxygen atoms in total. The summed E-state index contributed by atoms with van der Waals surface area (Å²) in [5.74, 6) is -1.09. The molecule has 0 bridgehead atoms. The van der Waals surface area contributed by atoms with Gasteiger partial charge in [-0.15, -0.1) is 0 Å². The number of rotatable bonds is 4. The molecule has 1 rings (SSSR count). The molecular weight excluding hydrogens is 279 g/mol. The van der Waals surface area contributed by atoms with Gasteiger partial charge in [-0.3, -0.25) is 9.59 Å². The number of allylic oxidation sites excluding steroid dienone is 1. The third kappa shape index (κ3) is 4.93. The highest BCUT2D eigenvalue weighted by molar-refractivity contribution is 6.75. The fraction of sp³-hybridized carbons (Fsp3) is 0.625. The van der Waals surface area contributed by atoms with Crippen LogP contribution < -0.4 is 10.6 Å². The average molecular weight is 305 g/mol. The summed E-state index contributed by atoms with van der Waals surface area (Å²) in [7, 11) is 1.61. The highest BCUT2D eigenvalue weighted by Crippen LogP contribution is 2.33. The number of hydrogen-bond acceptors (Lipinski definition) is 3. The summed E-state index contributed by atoms with van der Waals surface area (Å²) in [5.41, 5.74) is -1.79. The molecule has 121 valence electrons. The smallest absolute Gasteiger partial charge is 0.311 e. The average Bonchev–Trinajstić information content (AvgIpc) is 2.47. The molecule has 1 radical (unpaired) electrons. The first-order valence-corrected chi connectivity index (χ1v) is 7.48. The lowest BCUT2D eigenvalue weighted by molar-refractivity contribution is -0.148. The second-order valence-corrected chi connectivity index (χ2v) is 7.30. The monoisotopic (exact) mass is 305 g/mol. The maximum absolute atomic E-state index is 12.3. The molecule has 2 unspecified atom stereocenters. The molecule has 0 aliphatic carbocycles. The van der Waals surface area contributed by atoms with Crippen LogP contribution in [-0.2, 0) is 4.79 Å². The van der Waals surface area contributed by atoms with E-state index in [1.807, 2.05) is 45.9 Å². The fourth-order valence-electron chi connectivity index (χ4n) is 2.61. The Kier molecular flexibility index (Phi) is 5.49. The summed E-state index contributed by atoms with van der Waals surface area (Å²) in [5, 5.41) is 15.3. The molecular formula is C16H26BN2O3. The van der Waals surface area contributed by atoms with E-state index in [-0.39, 0.29) is 17.5 Å². The second kappa shape index (κ2) is 6.59. The van der Waals surface area contributed by atoms with Gasteiger partial charge in [-0.2, -0.15) is 0 Å². The molecule has 0 spiro atoms. The van der Waals surface area contributed by atoms with Crippen molar-refractivity contribution in [2.45, 2.75) is 51.9 Å². The van der Waals surface area contributed by atoms with E-state index in [1.54, 1.807) is 20.4 Å². The van der Waals surface area contributed by atoms with Crippen LogP contribution in [0.3, 0.4) is 0 Å². The lowest BCUT2D eigenvalue weighted by Gasteiger charge is -2.35. The molecule has 1 aliphatic heterocycles. The second-order valence-electron chi connectivity index (χ2n) is 7.30. The van der Waals surface area contributed by atoms with Crippen molar-refractivity contribution in [2.75, 3.05) is 6.54 Å². The summed E-state index contributed by atoms with van der Waals surface area (Å²) in [6.45, 7) is 9.69. The Labute approximate surface area is 133 Å². The van der Waals surface area contributed by atoms with Crippen LogP contribution in [0.5, 0.6) is 0 Å². The van der Waals surface area contributed by atoms with Gasteiger partial charge in [-0.05, 0) is 32.5 Å². The molecule has 1 heterocycles. The number of carbonyl (C=O) groups excluding carboxylic acids is 1. The van der Waals surface area contributed by atoms with E-state index in [0.717, 1.165) is 0 Å². The minimum absolute atomic E-state index is 0.204. The zero-order chi connectivity index (χ0) is 17.0. The SMILES string of the molecule is CC=CC1(NC(=O)[B]C(C)(C)C)C=CNCC(C)(C(=O)O)C1. The van der Waals surface area contributed by atoms with Crippen molar-refractivity contribution in [2.24, 2.45) is 5.41 Å². The lowest BCUT2D eigenvalue weighted by Crippen LogP contribution is -2.52. The number of hydrogen-bond donors (Lipinski definition) is 3. The minimum atomic E-state index is -0.974. The van der Waals surface area contributed by atoms with E-state index in [1.165, 1.54) is 0 Å². The number of amides is 1. The molecule has 0 fully saturated rings. The quantitative estimate of drug-likeness (QED) is 0.551. The Balaban J connectivity index is 3.07. The Hall–Kier alpha value is -1.72. The standard InChI is InChI=1S/C16H26BN2O3/c1-6-7-16(19-13(22)17-14(2,3)4)8-9-18-11-15(5,10-16)12(20)21/h6-9,18H,10-11H2,1-5H3,(H,19,22)(H,20,21). The van der Waals surface area contributed by atoms with Gasteiger partial charge in [0.2, 0.25) is 7.28 Å². The Morgan fingerprint density at radius 2 is 2.05 bits per heavy atom. The van der Waals surface area contributed by atoms with Crippen molar-refractivity contribution in [3.63, 3.8) is 0 Å². The largest absolute Gasteiger partial charge is 0.481 e. The van der Waals surface area contributed by atoms with Gasteiger partial charge in [0.05, 0.1) is 11.0 Å². The Morgan fingerprint density at radius 3 is 2.55 bits per heavy atom. The van der Waals surface area contributed by atoms with Crippen molar-refractivity contribution >= 4 is 19.1 Å². The number of aliphatic carboxylic acids is 1. The van der Waals surface area contributed by atoms with Gasteiger partial charge < -0.3 is 15.7 Å². The number of carboxylic acids is 1. The van der Waals surface area contributed by atoms with Crippen LogP contribution >= 0.6 is 0 Å². The topological polar surface area (TPSA) is 78.4 Å². The van der Waals surface area contributed by atoms with Crippen LogP contribution in [0.15, 0.2) is 24.4 Å². The molecule has 3 N–H and O–H groups in total. The van der Waals surface area contributed by atoms with Gasteiger partial charge in [-0.1, -0.05) is 38.2 Å². The molecule has 22 heavy (non-hydrogen) atoms. The maximum Gasteiger partial charge on any atom is 0.311 e. The van der Waals surface area contributed by atoms with E-state index in [0.29, 0.717) is 6.54 Å². The van der Waals surface area contributed by atoms with Gasteiger partial charge in [0.1, 0.15) is 0 Å². The van der Waals surface area contributed by atoms with E-state index >= 15 is 0 Å². The summed E-state index contributed by atoms with van der Waals surface area (Å²) in [4.78, 5) is 23.9. The zero-order valence-electron chi connectivity index (χ0n) is 14.1. The third-order valence-corrected chi connectivity index (χ3v) is 3.57. The normalized spacial score (nSPS) is 28.8. The summed E-state index contributed by atoms with van der Waals surface area (Å²) < 4.78 is 0. The highest BCUT2D eigenvalue weighted by Gasteiger charge is 2.43. The molecule has 0 aromatic rings. The van der Waals surface area contributed by atoms with Gasteiger partial charge in [0, 0.05) is 6.54 Å². The van der Waals surface area contributed by atoms with Gasteiger partial charge in [-0.25, -0.2) is 0 Å². The Morgan fingerprint density at radius 1 is 1.41 bits per heavy atom. The highest BCUT2D eigenvalue weighted by atomic mass is 16.4. The first-order chi connectivity index (χ1) is 10.0. The maximum atomic E-state index is 12.3. The summed E-state index contributed by atoms with van der Waals surface area (Å²) in [6, 6.07) is 0. The van der Waals surface area contributed by atoms with E-state index in [2.05, 4.69) is 10.6 Å². The van der Waals surface area contributed by atoms with Crippen molar-refractivity contribution < 1.29 is 14.7 Å². The van der Waals surface area contributed by atoms with Gasteiger partial charge >= 0.3 is 5.97 Å². The van der Waals surface area contributed by atoms with Crippen molar-refractivity contribution in [1.82, 2.24) is 10.6 Å². The van der Waals surface area contributed by atoms with E-state index in [9.17, 15) is 14.7 Å². The lowest BCUT2D eigenvalue weighted by atomic mass is 9.54. The Bertz CT molecular complexity index is 496. The van der Waals surface area contributed by atoms with Crippen LogP contribution in [0.1, 0.15) is 41.0 Å². The molecule has 0 aromatic carbocycles. The van der Waals surface area contributed by atoms with E-state index in [4.69, 9.17) is 0 Å². The molecule has 0 aromatic heterocycles. The first-order valence-electron chi connectivity index (χ1n) is 7.48. The van der Waals surface area contributed by atoms with Crippen molar-refractivity contribution in [3.8, 4) is 0 Å². The van der Waals surface area contributed by atoms with Gasteiger partial charge in [0.15, 0.2) is 5.81 Å². The zero-order valence-corrected chi connectivity index (χ0v) is 14.1. The van der Waals surface area contributed by atoms with E-state index < -0.39 is 16.9 Å². The summed E-state index contributed by atoms with van der Waals surface area (Å²) >= 11 is 0. The first kappa shape index (κ1) is 18.3. The van der Waals surface area contributed by atoms with Crippen molar-refractivity contribution in [3.05, 3.63) is 24.4 Å². The van der Waals surface area contributed by atoms with Crippen LogP contribution in [0, 0.1) is 5.41 Å². The number of carboxylic acid groups (broad SMARTS) is 1. The number of nitrogens with one attached hydrogen (secondary N) is 2. The van der Waals surface area contributed by atoms with Crippen LogP contribution in [-0.4, -0.2) is 36.2 Å². The van der Waals surface area contributed by atoms with Crippen LogP contribution in [0.25, 0.3) is 0 Å². The molecule has 0 saturated heterocycles. The third-order valence-electron chi connectivity index (χ3n) is 3.57. The predicted molar refractivity (Wildman–Crippen MR) is 89.0 cm³/mol.